The number of rotatable bonds is 4. The topological polar surface area (TPSA) is 45.9 Å². The van der Waals surface area contributed by atoms with Gasteiger partial charge in [-0.2, -0.15) is 5.26 Å². The smallest absolute Gasteiger partial charge is 0.140 e. The van der Waals surface area contributed by atoms with Crippen LogP contribution in [0.15, 0.2) is 47.6 Å². The van der Waals surface area contributed by atoms with E-state index in [-0.39, 0.29) is 0 Å². The summed E-state index contributed by atoms with van der Waals surface area (Å²) in [5, 5.41) is 9.73. The van der Waals surface area contributed by atoms with Gasteiger partial charge < -0.3 is 4.74 Å². The third-order valence-electron chi connectivity index (χ3n) is 2.41. The lowest BCUT2D eigenvalue weighted by atomic mass is 10.2. The zero-order chi connectivity index (χ0) is 12.8. The number of thioether (sulfide) groups is 1. The minimum absolute atomic E-state index is 0.460. The fourth-order valence-electron chi connectivity index (χ4n) is 1.48. The van der Waals surface area contributed by atoms with E-state index in [0.29, 0.717) is 11.3 Å². The van der Waals surface area contributed by atoms with Crippen molar-refractivity contribution in [3.8, 4) is 11.8 Å². The lowest BCUT2D eigenvalue weighted by Gasteiger charge is -2.05. The Labute approximate surface area is 110 Å². The zero-order valence-corrected chi connectivity index (χ0v) is 10.8. The molecule has 0 aliphatic heterocycles. The Bertz CT molecular complexity index is 564. The molecule has 0 saturated heterocycles. The summed E-state index contributed by atoms with van der Waals surface area (Å²) in [6.07, 6.45) is 1.55. The molecular formula is C14H12N2OS. The summed E-state index contributed by atoms with van der Waals surface area (Å²) in [6.45, 7) is 0. The maximum atomic E-state index is 8.87. The summed E-state index contributed by atoms with van der Waals surface area (Å²) in [5.41, 5.74) is 1.70. The molecular weight excluding hydrogens is 244 g/mol. The Morgan fingerprint density at radius 1 is 1.33 bits per heavy atom. The molecule has 1 aromatic heterocycles. The summed E-state index contributed by atoms with van der Waals surface area (Å²) in [7, 11) is 1.56. The summed E-state index contributed by atoms with van der Waals surface area (Å²) in [5.74, 6) is 1.42. The predicted octanol–water partition coefficient (Wildman–Crippen LogP) is 3.25. The van der Waals surface area contributed by atoms with Crippen molar-refractivity contribution in [3.63, 3.8) is 0 Å². The molecule has 18 heavy (non-hydrogen) atoms. The highest BCUT2D eigenvalue weighted by Gasteiger charge is 2.05. The molecule has 4 heteroatoms. The Kier molecular flexibility index (Phi) is 4.21. The van der Waals surface area contributed by atoms with Crippen molar-refractivity contribution in [3.05, 3.63) is 53.7 Å². The minimum Gasteiger partial charge on any atom is -0.495 e. The molecule has 0 aliphatic carbocycles. The van der Waals surface area contributed by atoms with E-state index in [1.54, 1.807) is 31.1 Å². The SMILES string of the molecule is COc1cc(SCc2ccccc2)ncc1C#N. The second kappa shape index (κ2) is 6.08. The second-order valence-electron chi connectivity index (χ2n) is 3.61. The molecule has 0 unspecified atom stereocenters. The fraction of sp³-hybridized carbons (Fsp3) is 0.143. The first kappa shape index (κ1) is 12.5. The fourth-order valence-corrected chi connectivity index (χ4v) is 2.31. The molecule has 0 saturated carbocycles. The normalized spacial score (nSPS) is 9.78. The summed E-state index contributed by atoms with van der Waals surface area (Å²) in [4.78, 5) is 4.23. The summed E-state index contributed by atoms with van der Waals surface area (Å²) < 4.78 is 5.15. The largest absolute Gasteiger partial charge is 0.495 e. The van der Waals surface area contributed by atoms with Crippen LogP contribution in [-0.2, 0) is 5.75 Å². The number of hydrogen-bond donors (Lipinski definition) is 0. The Morgan fingerprint density at radius 3 is 2.78 bits per heavy atom. The van der Waals surface area contributed by atoms with E-state index in [1.165, 1.54) is 5.56 Å². The van der Waals surface area contributed by atoms with Gasteiger partial charge in [0.25, 0.3) is 0 Å². The molecule has 0 atom stereocenters. The zero-order valence-electron chi connectivity index (χ0n) is 9.96. The van der Waals surface area contributed by atoms with Crippen LogP contribution in [0.1, 0.15) is 11.1 Å². The maximum absolute atomic E-state index is 8.87. The standard InChI is InChI=1S/C14H12N2OS/c1-17-13-7-14(16-9-12(13)8-15)18-10-11-5-3-2-4-6-11/h2-7,9H,10H2,1H3. The number of nitriles is 1. The van der Waals surface area contributed by atoms with Crippen molar-refractivity contribution in [2.75, 3.05) is 7.11 Å². The summed E-state index contributed by atoms with van der Waals surface area (Å²) >= 11 is 1.62. The first-order chi connectivity index (χ1) is 8.83. The van der Waals surface area contributed by atoms with Gasteiger partial charge >= 0.3 is 0 Å². The van der Waals surface area contributed by atoms with E-state index < -0.39 is 0 Å². The molecule has 1 heterocycles. The molecule has 90 valence electrons. The maximum Gasteiger partial charge on any atom is 0.140 e. The van der Waals surface area contributed by atoms with Gasteiger partial charge in [-0.25, -0.2) is 4.98 Å². The van der Waals surface area contributed by atoms with Crippen LogP contribution in [-0.4, -0.2) is 12.1 Å². The van der Waals surface area contributed by atoms with Gasteiger partial charge in [0.05, 0.1) is 7.11 Å². The van der Waals surface area contributed by atoms with E-state index in [4.69, 9.17) is 10.00 Å². The number of methoxy groups -OCH3 is 1. The Morgan fingerprint density at radius 2 is 2.11 bits per heavy atom. The molecule has 0 fully saturated rings. The van der Waals surface area contributed by atoms with Crippen LogP contribution in [0, 0.1) is 11.3 Å². The molecule has 0 N–H and O–H groups in total. The first-order valence-electron chi connectivity index (χ1n) is 5.44. The van der Waals surface area contributed by atoms with Crippen LogP contribution in [0.4, 0.5) is 0 Å². The molecule has 2 aromatic rings. The van der Waals surface area contributed by atoms with Gasteiger partial charge in [0, 0.05) is 18.0 Å². The molecule has 2 rings (SSSR count). The van der Waals surface area contributed by atoms with Crippen molar-refractivity contribution in [2.45, 2.75) is 10.8 Å². The molecule has 3 nitrogen and oxygen atoms in total. The quantitative estimate of drug-likeness (QED) is 0.788. The molecule has 1 aromatic carbocycles. The van der Waals surface area contributed by atoms with Gasteiger partial charge in [0.2, 0.25) is 0 Å². The lowest BCUT2D eigenvalue weighted by Crippen LogP contribution is -1.91. The van der Waals surface area contributed by atoms with Gasteiger partial charge in [-0.05, 0) is 5.56 Å². The second-order valence-corrected chi connectivity index (χ2v) is 4.60. The van der Waals surface area contributed by atoms with Crippen molar-refractivity contribution in [2.24, 2.45) is 0 Å². The minimum atomic E-state index is 0.460. The van der Waals surface area contributed by atoms with Gasteiger partial charge in [0.1, 0.15) is 22.4 Å². The third kappa shape index (κ3) is 3.02. The molecule has 0 spiro atoms. The third-order valence-corrected chi connectivity index (χ3v) is 3.41. The van der Waals surface area contributed by atoms with Crippen molar-refractivity contribution in [1.82, 2.24) is 4.98 Å². The first-order valence-corrected chi connectivity index (χ1v) is 6.43. The number of nitrogens with zero attached hydrogens (tertiary/aromatic N) is 2. The van der Waals surface area contributed by atoms with Gasteiger partial charge in [-0.15, -0.1) is 11.8 Å². The van der Waals surface area contributed by atoms with Crippen molar-refractivity contribution >= 4 is 11.8 Å². The molecule has 0 amide bonds. The van der Waals surface area contributed by atoms with Gasteiger partial charge in [0.15, 0.2) is 0 Å². The van der Waals surface area contributed by atoms with E-state index in [1.807, 2.05) is 18.2 Å². The van der Waals surface area contributed by atoms with Gasteiger partial charge in [-0.3, -0.25) is 0 Å². The highest BCUT2D eigenvalue weighted by atomic mass is 32.2. The number of benzene rings is 1. The van der Waals surface area contributed by atoms with E-state index in [2.05, 4.69) is 23.2 Å². The number of aromatic nitrogens is 1. The van der Waals surface area contributed by atoms with Crippen LogP contribution < -0.4 is 4.74 Å². The lowest BCUT2D eigenvalue weighted by molar-refractivity contribution is 0.411. The Balaban J connectivity index is 2.09. The van der Waals surface area contributed by atoms with Crippen LogP contribution >= 0.6 is 11.8 Å². The highest BCUT2D eigenvalue weighted by Crippen LogP contribution is 2.26. The van der Waals surface area contributed by atoms with Crippen molar-refractivity contribution in [1.29, 1.82) is 5.26 Å². The molecule has 0 bridgehead atoms. The van der Waals surface area contributed by atoms with Gasteiger partial charge in [-0.1, -0.05) is 30.3 Å². The van der Waals surface area contributed by atoms with Crippen LogP contribution in [0.5, 0.6) is 5.75 Å². The van der Waals surface area contributed by atoms with E-state index in [9.17, 15) is 0 Å². The number of ether oxygens (including phenoxy) is 1. The van der Waals surface area contributed by atoms with E-state index >= 15 is 0 Å². The number of hydrogen-bond acceptors (Lipinski definition) is 4. The van der Waals surface area contributed by atoms with Crippen LogP contribution in [0.25, 0.3) is 0 Å². The van der Waals surface area contributed by atoms with Crippen LogP contribution in [0.3, 0.4) is 0 Å². The predicted molar refractivity (Wildman–Crippen MR) is 71.5 cm³/mol. The Hall–Kier alpha value is -1.99. The van der Waals surface area contributed by atoms with Crippen molar-refractivity contribution < 1.29 is 4.74 Å². The average molecular weight is 256 g/mol. The number of pyridine rings is 1. The molecule has 0 radical (unpaired) electrons. The molecule has 0 aliphatic rings. The summed E-state index contributed by atoms with van der Waals surface area (Å²) in [6, 6.07) is 14.0. The average Bonchev–Trinajstić information content (AvgIpc) is 2.45. The van der Waals surface area contributed by atoms with E-state index in [0.717, 1.165) is 10.8 Å². The van der Waals surface area contributed by atoms with Crippen LogP contribution in [0.2, 0.25) is 0 Å². The monoisotopic (exact) mass is 256 g/mol. The highest BCUT2D eigenvalue weighted by molar-refractivity contribution is 7.98.